The smallest absolute Gasteiger partial charge is 0.325 e. The maximum absolute atomic E-state index is 11.3. The molecule has 2 aromatic carbocycles. The third kappa shape index (κ3) is 4.04. The van der Waals surface area contributed by atoms with Gasteiger partial charge in [0.25, 0.3) is 0 Å². The van der Waals surface area contributed by atoms with Crippen LogP contribution in [0.1, 0.15) is 17.2 Å². The quantitative estimate of drug-likeness (QED) is 0.798. The molecule has 0 amide bonds. The Bertz CT molecular complexity index is 540. The molecule has 1 unspecified atom stereocenters. The van der Waals surface area contributed by atoms with Gasteiger partial charge in [0.2, 0.25) is 0 Å². The molecule has 2 N–H and O–H groups in total. The molecule has 0 aliphatic carbocycles. The minimum absolute atomic E-state index is 0.531. The van der Waals surface area contributed by atoms with Gasteiger partial charge >= 0.3 is 5.97 Å². The van der Waals surface area contributed by atoms with E-state index in [9.17, 15) is 9.90 Å². The number of nitrogens with one attached hydrogen (secondary N) is 1. The van der Waals surface area contributed by atoms with Gasteiger partial charge < -0.3 is 5.11 Å². The number of aliphatic carboxylic acids is 1. The minimum atomic E-state index is -0.864. The lowest BCUT2D eigenvalue weighted by Gasteiger charge is -2.14. The Labute approximate surface area is 125 Å². The van der Waals surface area contributed by atoms with Crippen molar-refractivity contribution in [2.24, 2.45) is 0 Å². The second kappa shape index (κ2) is 6.68. The van der Waals surface area contributed by atoms with E-state index in [1.54, 1.807) is 0 Å². The molecule has 0 heterocycles. The van der Waals surface area contributed by atoms with E-state index in [0.717, 1.165) is 11.1 Å². The van der Waals surface area contributed by atoms with Crippen LogP contribution in [0.15, 0.2) is 54.6 Å². The lowest BCUT2D eigenvalue weighted by Crippen LogP contribution is -2.28. The zero-order valence-electron chi connectivity index (χ0n) is 10.2. The highest BCUT2D eigenvalue weighted by Gasteiger charge is 2.18. The molecule has 0 fully saturated rings. The number of halogens is 1. The third-order valence-corrected chi connectivity index (χ3v) is 3.52. The molecule has 2 aromatic rings. The van der Waals surface area contributed by atoms with Gasteiger partial charge in [0.15, 0.2) is 0 Å². The molecule has 19 heavy (non-hydrogen) atoms. The fraction of sp³-hybridized carbons (Fsp3) is 0.133. The van der Waals surface area contributed by atoms with Crippen LogP contribution in [0.5, 0.6) is 0 Å². The van der Waals surface area contributed by atoms with Crippen LogP contribution in [0, 0.1) is 3.57 Å². The fourth-order valence-corrected chi connectivity index (χ4v) is 2.17. The van der Waals surface area contributed by atoms with E-state index >= 15 is 0 Å². The van der Waals surface area contributed by atoms with Crippen LogP contribution in [-0.2, 0) is 11.3 Å². The number of benzene rings is 2. The van der Waals surface area contributed by atoms with Crippen LogP contribution >= 0.6 is 22.6 Å². The molecule has 0 radical (unpaired) electrons. The monoisotopic (exact) mass is 367 g/mol. The van der Waals surface area contributed by atoms with Crippen molar-refractivity contribution in [1.29, 1.82) is 0 Å². The first-order valence-corrected chi connectivity index (χ1v) is 7.00. The number of hydrogen-bond acceptors (Lipinski definition) is 2. The van der Waals surface area contributed by atoms with Gasteiger partial charge in [0, 0.05) is 10.1 Å². The van der Waals surface area contributed by atoms with Crippen molar-refractivity contribution in [3.8, 4) is 0 Å². The zero-order chi connectivity index (χ0) is 13.7. The third-order valence-electron chi connectivity index (χ3n) is 2.80. The van der Waals surface area contributed by atoms with E-state index in [4.69, 9.17) is 0 Å². The Kier molecular flexibility index (Phi) is 4.93. The zero-order valence-corrected chi connectivity index (χ0v) is 12.4. The number of carboxylic acid groups (broad SMARTS) is 1. The van der Waals surface area contributed by atoms with E-state index in [0.29, 0.717) is 6.54 Å². The normalized spacial score (nSPS) is 12.1. The average Bonchev–Trinajstić information content (AvgIpc) is 2.42. The predicted molar refractivity (Wildman–Crippen MR) is 82.8 cm³/mol. The minimum Gasteiger partial charge on any atom is -0.480 e. The summed E-state index contributed by atoms with van der Waals surface area (Å²) in [7, 11) is 0. The summed E-state index contributed by atoms with van der Waals surface area (Å²) in [4.78, 5) is 11.3. The van der Waals surface area contributed by atoms with Crippen molar-refractivity contribution < 1.29 is 9.90 Å². The van der Waals surface area contributed by atoms with Crippen molar-refractivity contribution in [2.75, 3.05) is 0 Å². The van der Waals surface area contributed by atoms with Crippen LogP contribution in [0.4, 0.5) is 0 Å². The van der Waals surface area contributed by atoms with Crippen molar-refractivity contribution in [1.82, 2.24) is 5.32 Å². The fourth-order valence-electron chi connectivity index (χ4n) is 1.82. The predicted octanol–water partition coefficient (Wildman–Crippen LogP) is 3.21. The maximum Gasteiger partial charge on any atom is 0.325 e. The number of hydrogen-bond donors (Lipinski definition) is 2. The van der Waals surface area contributed by atoms with Gasteiger partial charge in [-0.3, -0.25) is 10.1 Å². The molecule has 98 valence electrons. The summed E-state index contributed by atoms with van der Waals surface area (Å²) < 4.78 is 1.17. The molecular weight excluding hydrogens is 353 g/mol. The van der Waals surface area contributed by atoms with Crippen LogP contribution in [0.2, 0.25) is 0 Å². The van der Waals surface area contributed by atoms with Gasteiger partial charge in [-0.2, -0.15) is 0 Å². The second-order valence-corrected chi connectivity index (χ2v) is 5.43. The van der Waals surface area contributed by atoms with Crippen molar-refractivity contribution in [3.63, 3.8) is 0 Å². The summed E-state index contributed by atoms with van der Waals surface area (Å²) in [5.74, 6) is -0.864. The van der Waals surface area contributed by atoms with Crippen molar-refractivity contribution in [2.45, 2.75) is 12.6 Å². The topological polar surface area (TPSA) is 49.3 Å². The summed E-state index contributed by atoms with van der Waals surface area (Å²) in [6, 6.07) is 16.5. The summed E-state index contributed by atoms with van der Waals surface area (Å²) in [6.45, 7) is 0.531. The maximum atomic E-state index is 11.3. The Morgan fingerprint density at radius 1 is 1.11 bits per heavy atom. The van der Waals surface area contributed by atoms with Gasteiger partial charge in [-0.15, -0.1) is 0 Å². The molecule has 3 nitrogen and oxygen atoms in total. The van der Waals surface area contributed by atoms with Crippen LogP contribution in [-0.4, -0.2) is 11.1 Å². The molecule has 1 atom stereocenters. The first-order valence-electron chi connectivity index (χ1n) is 5.92. The number of rotatable bonds is 5. The molecule has 0 saturated carbocycles. The molecule has 0 bridgehead atoms. The van der Waals surface area contributed by atoms with Gasteiger partial charge in [0.05, 0.1) is 0 Å². The molecule has 2 rings (SSSR count). The van der Waals surface area contributed by atoms with Gasteiger partial charge in [-0.25, -0.2) is 0 Å². The summed E-state index contributed by atoms with van der Waals surface area (Å²) in [5.41, 5.74) is 1.84. The molecule has 0 saturated heterocycles. The Balaban J connectivity index is 2.06. The lowest BCUT2D eigenvalue weighted by atomic mass is 10.1. The summed E-state index contributed by atoms with van der Waals surface area (Å²) >= 11 is 2.24. The summed E-state index contributed by atoms with van der Waals surface area (Å²) in [5, 5.41) is 12.4. The van der Waals surface area contributed by atoms with Crippen molar-refractivity contribution in [3.05, 3.63) is 69.3 Å². The summed E-state index contributed by atoms with van der Waals surface area (Å²) in [6.07, 6.45) is 0. The molecular formula is C15H14INO2. The van der Waals surface area contributed by atoms with Gasteiger partial charge in [-0.05, 0) is 45.9 Å². The van der Waals surface area contributed by atoms with Crippen LogP contribution in [0.25, 0.3) is 0 Å². The molecule has 0 aliphatic heterocycles. The van der Waals surface area contributed by atoms with Crippen LogP contribution < -0.4 is 5.32 Å². The first-order chi connectivity index (χ1) is 9.16. The Hall–Kier alpha value is -1.40. The van der Waals surface area contributed by atoms with E-state index < -0.39 is 12.0 Å². The first kappa shape index (κ1) is 14.0. The van der Waals surface area contributed by atoms with Gasteiger partial charge in [-0.1, -0.05) is 42.5 Å². The van der Waals surface area contributed by atoms with E-state index in [1.165, 1.54) is 3.57 Å². The Morgan fingerprint density at radius 3 is 2.32 bits per heavy atom. The largest absolute Gasteiger partial charge is 0.480 e. The molecule has 0 spiro atoms. The van der Waals surface area contributed by atoms with Crippen molar-refractivity contribution >= 4 is 28.6 Å². The lowest BCUT2D eigenvalue weighted by molar-refractivity contribution is -0.139. The van der Waals surface area contributed by atoms with E-state index in [2.05, 4.69) is 27.9 Å². The average molecular weight is 367 g/mol. The highest BCUT2D eigenvalue weighted by atomic mass is 127. The highest BCUT2D eigenvalue weighted by molar-refractivity contribution is 14.1. The standard InChI is InChI=1S/C15H14INO2/c16-13-8-6-11(7-9-13)10-17-14(15(18)19)12-4-2-1-3-5-12/h1-9,14,17H,10H2,(H,18,19). The molecule has 0 aliphatic rings. The van der Waals surface area contributed by atoms with E-state index in [1.807, 2.05) is 54.6 Å². The molecule has 4 heteroatoms. The SMILES string of the molecule is O=C(O)C(NCc1ccc(I)cc1)c1ccccc1. The second-order valence-electron chi connectivity index (χ2n) is 4.19. The molecule has 0 aromatic heterocycles. The highest BCUT2D eigenvalue weighted by Crippen LogP contribution is 2.14. The van der Waals surface area contributed by atoms with E-state index in [-0.39, 0.29) is 0 Å². The number of carbonyl (C=O) groups is 1. The van der Waals surface area contributed by atoms with Gasteiger partial charge in [0.1, 0.15) is 6.04 Å². The number of carboxylic acids is 1. The Morgan fingerprint density at radius 2 is 1.74 bits per heavy atom. The van der Waals surface area contributed by atoms with Crippen LogP contribution in [0.3, 0.4) is 0 Å².